The van der Waals surface area contributed by atoms with Crippen LogP contribution in [0.2, 0.25) is 0 Å². The Bertz CT molecular complexity index is 1440. The van der Waals surface area contributed by atoms with Crippen molar-refractivity contribution < 1.29 is 4.39 Å². The predicted molar refractivity (Wildman–Crippen MR) is 129 cm³/mol. The monoisotopic (exact) mass is 451 g/mol. The molecule has 0 bridgehead atoms. The predicted octanol–water partition coefficient (Wildman–Crippen LogP) is 5.43. The summed E-state index contributed by atoms with van der Waals surface area (Å²) in [5, 5.41) is 3.46. The molecule has 0 aliphatic heterocycles. The van der Waals surface area contributed by atoms with Crippen molar-refractivity contribution >= 4 is 17.1 Å². The summed E-state index contributed by atoms with van der Waals surface area (Å²) in [6.45, 7) is 0. The van der Waals surface area contributed by atoms with Gasteiger partial charge in [0, 0.05) is 24.0 Å². The van der Waals surface area contributed by atoms with Gasteiger partial charge in [-0.15, -0.1) is 0 Å². The maximum absolute atomic E-state index is 13.6. The normalized spacial score (nSPS) is 14.0. The number of halogens is 1. The molecule has 1 aliphatic rings. The summed E-state index contributed by atoms with van der Waals surface area (Å²) in [6, 6.07) is 18.1. The largest absolute Gasteiger partial charge is 0.351 e. The van der Waals surface area contributed by atoms with Crippen molar-refractivity contribution in [1.29, 1.82) is 0 Å². The molecule has 34 heavy (non-hydrogen) atoms. The Morgan fingerprint density at radius 1 is 0.794 bits per heavy atom. The molecule has 4 heterocycles. The number of rotatable bonds is 5. The fourth-order valence-electron chi connectivity index (χ4n) is 4.44. The molecule has 0 unspecified atom stereocenters. The summed E-state index contributed by atoms with van der Waals surface area (Å²) in [5.74, 6) is 1.59. The van der Waals surface area contributed by atoms with E-state index in [0.29, 0.717) is 29.3 Å². The molecule has 0 atom stereocenters. The van der Waals surface area contributed by atoms with E-state index >= 15 is 0 Å². The van der Waals surface area contributed by atoms with Crippen molar-refractivity contribution in [3.8, 4) is 28.6 Å². The third-order valence-electron chi connectivity index (χ3n) is 6.11. The van der Waals surface area contributed by atoms with Gasteiger partial charge in [0.05, 0.1) is 16.9 Å². The molecule has 1 aliphatic carbocycles. The Morgan fingerprint density at radius 3 is 2.44 bits per heavy atom. The lowest BCUT2D eigenvalue weighted by Crippen LogP contribution is -2.17. The van der Waals surface area contributed by atoms with E-state index in [1.807, 2.05) is 41.0 Å². The molecule has 0 radical (unpaired) electrons. The van der Waals surface area contributed by atoms with Crippen LogP contribution < -0.4 is 5.32 Å². The van der Waals surface area contributed by atoms with Crippen LogP contribution in [0.25, 0.3) is 39.8 Å². The van der Waals surface area contributed by atoms with Gasteiger partial charge in [-0.2, -0.15) is 4.98 Å². The van der Waals surface area contributed by atoms with Crippen molar-refractivity contribution in [2.45, 2.75) is 31.7 Å². The Kier molecular flexibility index (Phi) is 5.18. The third kappa shape index (κ3) is 3.87. The van der Waals surface area contributed by atoms with Gasteiger partial charge in [0.1, 0.15) is 17.5 Å². The Morgan fingerprint density at radius 2 is 1.65 bits per heavy atom. The van der Waals surface area contributed by atoms with E-state index in [-0.39, 0.29) is 5.82 Å². The van der Waals surface area contributed by atoms with E-state index in [1.165, 1.54) is 25.0 Å². The van der Waals surface area contributed by atoms with Crippen LogP contribution in [0.5, 0.6) is 0 Å². The van der Waals surface area contributed by atoms with E-state index < -0.39 is 0 Å². The number of hydrogen-bond donors (Lipinski definition) is 1. The van der Waals surface area contributed by atoms with Crippen molar-refractivity contribution in [2.75, 3.05) is 5.32 Å². The number of hydrogen-bond acceptors (Lipinski definition) is 6. The van der Waals surface area contributed by atoms with Gasteiger partial charge >= 0.3 is 0 Å². The highest BCUT2D eigenvalue weighted by atomic mass is 19.1. The van der Waals surface area contributed by atoms with Crippen LogP contribution in [0, 0.1) is 5.82 Å². The molecule has 1 aromatic carbocycles. The number of pyridine rings is 2. The molecule has 5 aromatic rings. The van der Waals surface area contributed by atoms with Crippen LogP contribution in [0.4, 0.5) is 10.3 Å². The first-order valence-corrected chi connectivity index (χ1v) is 11.4. The molecule has 4 aromatic heterocycles. The molecule has 0 amide bonds. The van der Waals surface area contributed by atoms with E-state index in [9.17, 15) is 4.39 Å². The average Bonchev–Trinajstić information content (AvgIpc) is 3.52. The third-order valence-corrected chi connectivity index (χ3v) is 6.11. The summed E-state index contributed by atoms with van der Waals surface area (Å²) >= 11 is 0. The number of anilines is 1. The van der Waals surface area contributed by atoms with Crippen LogP contribution in [-0.4, -0.2) is 35.5 Å². The van der Waals surface area contributed by atoms with E-state index in [1.54, 1.807) is 24.5 Å². The quantitative estimate of drug-likeness (QED) is 0.384. The number of fused-ring (bicyclic) bond motifs is 1. The topological polar surface area (TPSA) is 81.4 Å². The van der Waals surface area contributed by atoms with Gasteiger partial charge in [0.15, 0.2) is 5.65 Å². The Labute approximate surface area is 195 Å². The van der Waals surface area contributed by atoms with Crippen molar-refractivity contribution in [2.24, 2.45) is 0 Å². The first kappa shape index (κ1) is 20.4. The zero-order valence-corrected chi connectivity index (χ0v) is 18.4. The molecule has 1 N–H and O–H groups in total. The van der Waals surface area contributed by atoms with Crippen molar-refractivity contribution in [3.63, 3.8) is 0 Å². The van der Waals surface area contributed by atoms with Crippen LogP contribution in [0.15, 0.2) is 73.1 Å². The fourth-order valence-corrected chi connectivity index (χ4v) is 4.44. The van der Waals surface area contributed by atoms with Crippen molar-refractivity contribution in [3.05, 3.63) is 78.9 Å². The van der Waals surface area contributed by atoms with E-state index in [0.717, 1.165) is 35.3 Å². The number of benzene rings is 1. The molecule has 1 saturated carbocycles. The van der Waals surface area contributed by atoms with Gasteiger partial charge < -0.3 is 5.32 Å². The Hall–Kier alpha value is -4.20. The van der Waals surface area contributed by atoms with Gasteiger partial charge in [-0.1, -0.05) is 18.9 Å². The molecule has 7 nitrogen and oxygen atoms in total. The second-order valence-corrected chi connectivity index (χ2v) is 8.40. The fraction of sp³-hybridized carbons (Fsp3) is 0.192. The summed E-state index contributed by atoms with van der Waals surface area (Å²) < 4.78 is 15.6. The van der Waals surface area contributed by atoms with Crippen LogP contribution in [-0.2, 0) is 0 Å². The highest BCUT2D eigenvalue weighted by molar-refractivity contribution is 5.82. The Balaban J connectivity index is 1.50. The molecule has 168 valence electrons. The molecule has 0 saturated heterocycles. The highest BCUT2D eigenvalue weighted by Gasteiger charge is 2.19. The zero-order chi connectivity index (χ0) is 22.9. The molecular weight excluding hydrogens is 429 g/mol. The lowest BCUT2D eigenvalue weighted by molar-refractivity contribution is 0.628. The first-order valence-electron chi connectivity index (χ1n) is 11.4. The average molecular weight is 452 g/mol. The van der Waals surface area contributed by atoms with Gasteiger partial charge in [-0.05, 0) is 67.4 Å². The summed E-state index contributed by atoms with van der Waals surface area (Å²) in [7, 11) is 0. The highest BCUT2D eigenvalue weighted by Crippen LogP contribution is 2.29. The molecular formula is C26H22FN7. The summed E-state index contributed by atoms with van der Waals surface area (Å²) in [5.41, 5.74) is 3.63. The molecule has 8 heteroatoms. The minimum Gasteiger partial charge on any atom is -0.351 e. The van der Waals surface area contributed by atoms with Crippen LogP contribution in [0.1, 0.15) is 25.7 Å². The maximum Gasteiger partial charge on any atom is 0.224 e. The number of imidazole rings is 1. The lowest BCUT2D eigenvalue weighted by Gasteiger charge is -2.13. The van der Waals surface area contributed by atoms with Gasteiger partial charge in [0.2, 0.25) is 5.95 Å². The first-order chi connectivity index (χ1) is 16.7. The maximum atomic E-state index is 13.6. The van der Waals surface area contributed by atoms with E-state index in [4.69, 9.17) is 15.0 Å². The van der Waals surface area contributed by atoms with Crippen LogP contribution >= 0.6 is 0 Å². The number of nitrogens with one attached hydrogen (secondary N) is 1. The second kappa shape index (κ2) is 8.62. The van der Waals surface area contributed by atoms with Crippen molar-refractivity contribution in [1.82, 2.24) is 29.5 Å². The van der Waals surface area contributed by atoms with Gasteiger partial charge in [-0.25, -0.2) is 19.3 Å². The summed E-state index contributed by atoms with van der Waals surface area (Å²) in [4.78, 5) is 23.2. The molecule has 0 spiro atoms. The minimum absolute atomic E-state index is 0.299. The van der Waals surface area contributed by atoms with E-state index in [2.05, 4.69) is 15.3 Å². The standard InChI is InChI=1S/C26H22FN7/c27-18-10-8-17(9-11-18)25-33-24-22(13-12-21(31-24)20-7-3-4-15-28-20)34(25)23-14-16-29-26(32-23)30-19-5-1-2-6-19/h3-4,7-16,19H,1-2,5-6H2,(H,29,30,32). The van der Waals surface area contributed by atoms with Gasteiger partial charge in [0.25, 0.3) is 0 Å². The minimum atomic E-state index is -0.299. The lowest BCUT2D eigenvalue weighted by atomic mass is 10.2. The van der Waals surface area contributed by atoms with Gasteiger partial charge in [-0.3, -0.25) is 9.55 Å². The molecule has 1 fully saturated rings. The molecule has 6 rings (SSSR count). The smallest absolute Gasteiger partial charge is 0.224 e. The zero-order valence-electron chi connectivity index (χ0n) is 18.4. The summed E-state index contributed by atoms with van der Waals surface area (Å²) in [6.07, 6.45) is 8.19. The van der Waals surface area contributed by atoms with Crippen LogP contribution in [0.3, 0.4) is 0 Å². The SMILES string of the molecule is Fc1ccc(-c2nc3nc(-c4ccccn4)ccc3n2-c2ccnc(NC3CCCC3)n2)cc1. The second-order valence-electron chi connectivity index (χ2n) is 8.40. The number of aromatic nitrogens is 6. The number of nitrogens with zero attached hydrogens (tertiary/aromatic N) is 6.